The monoisotopic (exact) mass is 322 g/mol. The highest BCUT2D eigenvalue weighted by molar-refractivity contribution is 6.36. The van der Waals surface area contributed by atoms with E-state index in [1.807, 2.05) is 52.8 Å². The first kappa shape index (κ1) is 23.1. The van der Waals surface area contributed by atoms with E-state index in [-0.39, 0.29) is 17.6 Å². The molecule has 0 unspecified atom stereocenters. The van der Waals surface area contributed by atoms with Crippen molar-refractivity contribution in [2.24, 2.45) is 0 Å². The highest BCUT2D eigenvalue weighted by Crippen LogP contribution is 2.07. The molecule has 0 bridgehead atoms. The van der Waals surface area contributed by atoms with Gasteiger partial charge in [0, 0.05) is 13.1 Å². The number of amides is 1. The molecule has 0 aliphatic rings. The van der Waals surface area contributed by atoms with Crippen LogP contribution in [-0.4, -0.2) is 42.7 Å². The van der Waals surface area contributed by atoms with E-state index in [9.17, 15) is 9.59 Å². The lowest BCUT2D eigenvalue weighted by molar-refractivity contribution is -0.123. The third-order valence-corrected chi connectivity index (χ3v) is 2.92. The summed E-state index contributed by atoms with van der Waals surface area (Å²) < 4.78 is 4.58. The van der Waals surface area contributed by atoms with Gasteiger partial charge in [0.1, 0.15) is 0 Å². The molecular weight excluding hydrogens is 292 g/mol. The Morgan fingerprint density at radius 1 is 1.13 bits per heavy atom. The highest BCUT2D eigenvalue weighted by atomic mass is 16.5. The summed E-state index contributed by atoms with van der Waals surface area (Å²) in [6.07, 6.45) is 0. The van der Waals surface area contributed by atoms with Crippen LogP contribution in [0.4, 0.5) is 0 Å². The van der Waals surface area contributed by atoms with Crippen molar-refractivity contribution in [2.75, 3.05) is 20.2 Å². The maximum absolute atomic E-state index is 11.0. The van der Waals surface area contributed by atoms with Gasteiger partial charge in [0.25, 0.3) is 5.91 Å². The van der Waals surface area contributed by atoms with Crippen LogP contribution >= 0.6 is 0 Å². The predicted molar refractivity (Wildman–Crippen MR) is 95.2 cm³/mol. The molecule has 0 spiro atoms. The van der Waals surface area contributed by atoms with E-state index >= 15 is 0 Å². The van der Waals surface area contributed by atoms with Crippen LogP contribution in [0.15, 0.2) is 24.3 Å². The Morgan fingerprint density at radius 2 is 1.61 bits per heavy atom. The predicted octanol–water partition coefficient (Wildman–Crippen LogP) is 3.70. The molecule has 0 heterocycles. The minimum absolute atomic E-state index is 0.115. The number of nitrogens with one attached hydrogen (secondary N) is 1. The topological polar surface area (TPSA) is 70.5 Å². The molecule has 0 fully saturated rings. The summed E-state index contributed by atoms with van der Waals surface area (Å²) in [7, 11) is 1.38. The van der Waals surface area contributed by atoms with Crippen LogP contribution in [0, 0.1) is 12.3 Å². The standard InChI is InChI=1S/C9H10O2.C7H14N2O.C2H6/c1-7-5-3-4-6-8(7)9(10)11-2;1-4-9(5-2)7(10)6(3)8;1-2/h3-6H,1-2H3;8H,4-5H2,1-3H3;1-2H3. The lowest BCUT2D eigenvalue weighted by atomic mass is 10.1. The molecule has 0 aliphatic heterocycles. The van der Waals surface area contributed by atoms with Crippen molar-refractivity contribution in [3.63, 3.8) is 0 Å². The molecule has 0 aliphatic carbocycles. The number of aryl methyl sites for hydroxylation is 1. The Morgan fingerprint density at radius 3 is 1.91 bits per heavy atom. The van der Waals surface area contributed by atoms with Gasteiger partial charge < -0.3 is 9.64 Å². The molecule has 1 N–H and O–H groups in total. The van der Waals surface area contributed by atoms with Crippen molar-refractivity contribution in [3.05, 3.63) is 35.4 Å². The van der Waals surface area contributed by atoms with E-state index in [4.69, 9.17) is 5.41 Å². The fraction of sp³-hybridized carbons (Fsp3) is 0.500. The molecule has 23 heavy (non-hydrogen) atoms. The number of nitrogens with zero attached hydrogens (tertiary/aromatic N) is 1. The number of rotatable bonds is 4. The first-order valence-corrected chi connectivity index (χ1v) is 7.87. The zero-order chi connectivity index (χ0) is 18.4. The lowest BCUT2D eigenvalue weighted by Crippen LogP contribution is -2.34. The second kappa shape index (κ2) is 13.5. The normalized spacial score (nSPS) is 8.65. The van der Waals surface area contributed by atoms with Gasteiger partial charge in [0.05, 0.1) is 18.4 Å². The Bertz CT molecular complexity index is 495. The van der Waals surface area contributed by atoms with Crippen LogP contribution in [0.1, 0.15) is 50.5 Å². The molecule has 1 aromatic rings. The Hall–Kier alpha value is -2.17. The molecule has 1 rings (SSSR count). The zero-order valence-corrected chi connectivity index (χ0v) is 15.4. The van der Waals surface area contributed by atoms with Gasteiger partial charge in [-0.3, -0.25) is 10.2 Å². The van der Waals surface area contributed by atoms with Crippen molar-refractivity contribution < 1.29 is 14.3 Å². The first-order valence-electron chi connectivity index (χ1n) is 7.87. The Labute approximate surface area is 140 Å². The van der Waals surface area contributed by atoms with Gasteiger partial charge in [-0.15, -0.1) is 0 Å². The maximum atomic E-state index is 11.0. The van der Waals surface area contributed by atoms with E-state index in [1.165, 1.54) is 14.0 Å². The van der Waals surface area contributed by atoms with Gasteiger partial charge in [0.2, 0.25) is 0 Å². The summed E-state index contributed by atoms with van der Waals surface area (Å²) in [5.41, 5.74) is 1.69. The number of methoxy groups -OCH3 is 1. The largest absolute Gasteiger partial charge is 0.465 e. The molecule has 5 nitrogen and oxygen atoms in total. The average molecular weight is 322 g/mol. The van der Waals surface area contributed by atoms with Gasteiger partial charge >= 0.3 is 5.97 Å². The second-order valence-electron chi connectivity index (χ2n) is 4.41. The minimum Gasteiger partial charge on any atom is -0.465 e. The van der Waals surface area contributed by atoms with E-state index in [0.29, 0.717) is 18.7 Å². The third-order valence-electron chi connectivity index (χ3n) is 2.92. The van der Waals surface area contributed by atoms with Crippen LogP contribution in [0.3, 0.4) is 0 Å². The van der Waals surface area contributed by atoms with E-state index < -0.39 is 0 Å². The van der Waals surface area contributed by atoms with Crippen LogP contribution < -0.4 is 0 Å². The molecule has 0 saturated carbocycles. The van der Waals surface area contributed by atoms with Gasteiger partial charge in [-0.25, -0.2) is 4.79 Å². The first-order chi connectivity index (χ1) is 10.9. The van der Waals surface area contributed by atoms with Crippen LogP contribution in [0.5, 0.6) is 0 Å². The number of carbonyl (C=O) groups is 2. The van der Waals surface area contributed by atoms with Gasteiger partial charge in [-0.1, -0.05) is 32.0 Å². The molecule has 0 radical (unpaired) electrons. The number of hydrogen-bond donors (Lipinski definition) is 1. The van der Waals surface area contributed by atoms with Crippen LogP contribution in [0.2, 0.25) is 0 Å². The maximum Gasteiger partial charge on any atom is 0.338 e. The second-order valence-corrected chi connectivity index (χ2v) is 4.41. The summed E-state index contributed by atoms with van der Waals surface area (Å²) in [6.45, 7) is 12.6. The number of benzene rings is 1. The van der Waals surface area contributed by atoms with Crippen molar-refractivity contribution >= 4 is 17.6 Å². The Kier molecular flexibility index (Phi) is 13.5. The van der Waals surface area contributed by atoms with Crippen LogP contribution in [0.25, 0.3) is 0 Å². The van der Waals surface area contributed by atoms with Crippen molar-refractivity contribution in [2.45, 2.75) is 41.5 Å². The highest BCUT2D eigenvalue weighted by Gasteiger charge is 2.10. The fourth-order valence-corrected chi connectivity index (χ4v) is 1.66. The molecule has 0 aromatic heterocycles. The SMILES string of the molecule is CC.CCN(CC)C(=O)C(C)=N.COC(=O)c1ccccc1C. The summed E-state index contributed by atoms with van der Waals surface area (Å²) in [4.78, 5) is 23.6. The summed E-state index contributed by atoms with van der Waals surface area (Å²) in [6, 6.07) is 7.34. The van der Waals surface area contributed by atoms with Crippen molar-refractivity contribution in [3.8, 4) is 0 Å². The minimum atomic E-state index is -0.275. The van der Waals surface area contributed by atoms with E-state index in [1.54, 1.807) is 11.0 Å². The number of hydrogen-bond acceptors (Lipinski definition) is 4. The van der Waals surface area contributed by atoms with Crippen molar-refractivity contribution in [1.29, 1.82) is 5.41 Å². The lowest BCUT2D eigenvalue weighted by Gasteiger charge is -2.17. The molecular formula is C18H30N2O3. The third kappa shape index (κ3) is 8.76. The zero-order valence-electron chi connectivity index (χ0n) is 15.4. The summed E-state index contributed by atoms with van der Waals surface area (Å²) in [5.74, 6) is -0.437. The molecule has 130 valence electrons. The molecule has 0 saturated heterocycles. The molecule has 1 aromatic carbocycles. The van der Waals surface area contributed by atoms with Crippen LogP contribution in [-0.2, 0) is 9.53 Å². The smallest absolute Gasteiger partial charge is 0.338 e. The number of carbonyl (C=O) groups excluding carboxylic acids is 2. The average Bonchev–Trinajstić information content (AvgIpc) is 2.58. The molecule has 5 heteroatoms. The van der Waals surface area contributed by atoms with E-state index in [2.05, 4.69) is 4.74 Å². The summed E-state index contributed by atoms with van der Waals surface area (Å²) in [5, 5.41) is 7.05. The Balaban J connectivity index is 0. The van der Waals surface area contributed by atoms with E-state index in [0.717, 1.165) is 5.56 Å². The van der Waals surface area contributed by atoms with Gasteiger partial charge in [-0.2, -0.15) is 0 Å². The molecule has 1 amide bonds. The quantitative estimate of drug-likeness (QED) is 0.678. The number of esters is 1. The van der Waals surface area contributed by atoms with Gasteiger partial charge in [0.15, 0.2) is 0 Å². The van der Waals surface area contributed by atoms with Gasteiger partial charge in [-0.05, 0) is 39.3 Å². The summed E-state index contributed by atoms with van der Waals surface area (Å²) >= 11 is 0. The number of ether oxygens (including phenoxy) is 1. The van der Waals surface area contributed by atoms with Crippen molar-refractivity contribution in [1.82, 2.24) is 4.90 Å². The fourth-order valence-electron chi connectivity index (χ4n) is 1.66. The molecule has 0 atom stereocenters.